The first-order valence-electron chi connectivity index (χ1n) is 13.1. The average molecular weight is 564 g/mol. The van der Waals surface area contributed by atoms with Crippen LogP contribution in [0.4, 0.5) is 4.79 Å². The third-order valence-corrected chi connectivity index (χ3v) is 6.70. The summed E-state index contributed by atoms with van der Waals surface area (Å²) in [4.78, 5) is 38.7. The summed E-state index contributed by atoms with van der Waals surface area (Å²) < 4.78 is 30.6. The van der Waals surface area contributed by atoms with E-state index in [1.807, 2.05) is 19.9 Å². The lowest BCUT2D eigenvalue weighted by Crippen LogP contribution is -2.57. The van der Waals surface area contributed by atoms with Gasteiger partial charge in [0.25, 0.3) is 0 Å². The average Bonchev–Trinajstić information content (AvgIpc) is 2.77. The van der Waals surface area contributed by atoms with Crippen LogP contribution in [0.1, 0.15) is 67.9 Å². The molecule has 1 aromatic carbocycles. The van der Waals surface area contributed by atoms with Gasteiger partial charge in [0.15, 0.2) is 9.84 Å². The van der Waals surface area contributed by atoms with E-state index < -0.39 is 51.5 Å². The maximum absolute atomic E-state index is 13.3. The summed E-state index contributed by atoms with van der Waals surface area (Å²) in [6, 6.07) is 6.26. The van der Waals surface area contributed by atoms with Crippen molar-refractivity contribution in [2.24, 2.45) is 11.8 Å². The monoisotopic (exact) mass is 563 g/mol. The SMILES string of the molecule is CC(C)=CC(/C=C/S(=O)(=O)Cc1ccccc1)NC(=O)C(NC(=O)C(NC(=O)OC(C)(C)C)C(C)C)C(C)C. The smallest absolute Gasteiger partial charge is 0.408 e. The Hall–Kier alpha value is -3.14. The molecule has 0 fully saturated rings. The van der Waals surface area contributed by atoms with Crippen molar-refractivity contribution >= 4 is 27.7 Å². The molecule has 3 unspecified atom stereocenters. The number of nitrogens with one attached hydrogen (secondary N) is 3. The van der Waals surface area contributed by atoms with Gasteiger partial charge in [-0.15, -0.1) is 0 Å². The number of benzene rings is 1. The first kappa shape index (κ1) is 33.9. The molecular formula is C29H45N3O6S. The lowest BCUT2D eigenvalue weighted by molar-refractivity contribution is -0.131. The van der Waals surface area contributed by atoms with E-state index in [9.17, 15) is 22.8 Å². The van der Waals surface area contributed by atoms with Crippen LogP contribution in [0.2, 0.25) is 0 Å². The number of hydrogen-bond donors (Lipinski definition) is 3. The Balaban J connectivity index is 3.05. The molecule has 0 heterocycles. The van der Waals surface area contributed by atoms with Crippen LogP contribution in [0.25, 0.3) is 0 Å². The predicted molar refractivity (Wildman–Crippen MR) is 154 cm³/mol. The number of allylic oxidation sites excluding steroid dienone is 1. The molecule has 0 aliphatic heterocycles. The molecule has 0 spiro atoms. The zero-order valence-corrected chi connectivity index (χ0v) is 25.4. The van der Waals surface area contributed by atoms with Crippen LogP contribution >= 0.6 is 0 Å². The van der Waals surface area contributed by atoms with E-state index in [4.69, 9.17) is 4.74 Å². The minimum absolute atomic E-state index is 0.161. The fraction of sp³-hybridized carbons (Fsp3) is 0.552. The van der Waals surface area contributed by atoms with Gasteiger partial charge in [-0.2, -0.15) is 0 Å². The third-order valence-electron chi connectivity index (χ3n) is 5.39. The van der Waals surface area contributed by atoms with Gasteiger partial charge in [0.05, 0.1) is 11.8 Å². The zero-order valence-electron chi connectivity index (χ0n) is 24.6. The lowest BCUT2D eigenvalue weighted by Gasteiger charge is -2.28. The summed E-state index contributed by atoms with van der Waals surface area (Å²) in [5.74, 6) is -1.73. The Morgan fingerprint density at radius 1 is 0.872 bits per heavy atom. The molecule has 0 saturated carbocycles. The second-order valence-corrected chi connectivity index (χ2v) is 13.4. The Morgan fingerprint density at radius 2 is 1.38 bits per heavy atom. The molecule has 1 aromatic rings. The Labute approximate surface area is 233 Å². The van der Waals surface area contributed by atoms with Crippen molar-refractivity contribution in [1.29, 1.82) is 0 Å². The molecule has 39 heavy (non-hydrogen) atoms. The number of hydrogen-bond acceptors (Lipinski definition) is 6. The van der Waals surface area contributed by atoms with Crippen molar-refractivity contribution in [3.05, 3.63) is 59.0 Å². The van der Waals surface area contributed by atoms with Crippen LogP contribution in [-0.2, 0) is 29.9 Å². The highest BCUT2D eigenvalue weighted by atomic mass is 32.2. The fourth-order valence-electron chi connectivity index (χ4n) is 3.56. The van der Waals surface area contributed by atoms with Gasteiger partial charge in [0.2, 0.25) is 11.8 Å². The number of carbonyl (C=O) groups excluding carboxylic acids is 3. The van der Waals surface area contributed by atoms with Crippen LogP contribution in [0.15, 0.2) is 53.5 Å². The van der Waals surface area contributed by atoms with Gasteiger partial charge < -0.3 is 20.7 Å². The molecule has 0 bridgehead atoms. The summed E-state index contributed by atoms with van der Waals surface area (Å²) in [6.07, 6.45) is 2.42. The minimum atomic E-state index is -3.59. The first-order valence-corrected chi connectivity index (χ1v) is 14.8. The molecule has 9 nitrogen and oxygen atoms in total. The van der Waals surface area contributed by atoms with Crippen molar-refractivity contribution in [1.82, 2.24) is 16.0 Å². The molecule has 10 heteroatoms. The summed E-state index contributed by atoms with van der Waals surface area (Å²) in [7, 11) is -3.59. The van der Waals surface area contributed by atoms with Crippen LogP contribution in [-0.4, -0.2) is 50.1 Å². The van der Waals surface area contributed by atoms with E-state index in [1.54, 1.807) is 78.8 Å². The van der Waals surface area contributed by atoms with Crippen molar-refractivity contribution in [2.75, 3.05) is 0 Å². The van der Waals surface area contributed by atoms with Crippen LogP contribution in [0, 0.1) is 11.8 Å². The van der Waals surface area contributed by atoms with Gasteiger partial charge in [-0.3, -0.25) is 9.59 Å². The van der Waals surface area contributed by atoms with E-state index in [0.717, 1.165) is 11.0 Å². The zero-order chi connectivity index (χ0) is 30.0. The minimum Gasteiger partial charge on any atom is -0.444 e. The standard InChI is InChI=1S/C29H45N3O6S/c1-19(2)17-23(15-16-39(36,37)18-22-13-11-10-12-14-22)30-26(33)24(20(3)4)31-27(34)25(21(5)6)32-28(35)38-29(7,8)9/h10-17,20-21,23-25H,18H2,1-9H3,(H,30,33)(H,31,34)(H,32,35)/b16-15+. The molecule has 3 amide bonds. The van der Waals surface area contributed by atoms with Crippen molar-refractivity contribution < 1.29 is 27.5 Å². The van der Waals surface area contributed by atoms with E-state index in [-0.39, 0.29) is 17.6 Å². The first-order chi connectivity index (χ1) is 17.9. The molecule has 3 atom stereocenters. The Bertz CT molecular complexity index is 1130. The quantitative estimate of drug-likeness (QED) is 0.326. The number of amides is 3. The highest BCUT2D eigenvalue weighted by molar-refractivity contribution is 7.93. The third kappa shape index (κ3) is 13.5. The van der Waals surface area contributed by atoms with E-state index in [2.05, 4.69) is 16.0 Å². The molecule has 218 valence electrons. The van der Waals surface area contributed by atoms with Gasteiger partial charge in [0, 0.05) is 5.41 Å². The van der Waals surface area contributed by atoms with Crippen molar-refractivity contribution in [3.8, 4) is 0 Å². The maximum Gasteiger partial charge on any atom is 0.408 e. The normalized spacial score (nSPS) is 14.4. The number of ether oxygens (including phenoxy) is 1. The fourth-order valence-corrected chi connectivity index (χ4v) is 4.73. The maximum atomic E-state index is 13.3. The van der Waals surface area contributed by atoms with Gasteiger partial charge in [0.1, 0.15) is 17.7 Å². The van der Waals surface area contributed by atoms with E-state index >= 15 is 0 Å². The molecule has 0 aliphatic carbocycles. The number of carbonyl (C=O) groups is 3. The van der Waals surface area contributed by atoms with Gasteiger partial charge in [-0.1, -0.05) is 69.7 Å². The van der Waals surface area contributed by atoms with Crippen molar-refractivity contribution in [3.63, 3.8) is 0 Å². The molecule has 0 saturated heterocycles. The van der Waals surface area contributed by atoms with Crippen LogP contribution in [0.3, 0.4) is 0 Å². The highest BCUT2D eigenvalue weighted by Gasteiger charge is 2.32. The van der Waals surface area contributed by atoms with Crippen molar-refractivity contribution in [2.45, 2.75) is 91.8 Å². The van der Waals surface area contributed by atoms with Crippen LogP contribution < -0.4 is 16.0 Å². The Morgan fingerprint density at radius 3 is 1.87 bits per heavy atom. The molecular weight excluding hydrogens is 518 g/mol. The van der Waals surface area contributed by atoms with Gasteiger partial charge in [-0.05, 0) is 58.1 Å². The van der Waals surface area contributed by atoms with E-state index in [1.165, 1.54) is 6.08 Å². The molecule has 0 aliphatic rings. The summed E-state index contributed by atoms with van der Waals surface area (Å²) >= 11 is 0. The second-order valence-electron chi connectivity index (χ2n) is 11.5. The topological polar surface area (TPSA) is 131 Å². The molecule has 3 N–H and O–H groups in total. The summed E-state index contributed by atoms with van der Waals surface area (Å²) in [6.45, 7) is 16.0. The second kappa shape index (κ2) is 14.9. The number of sulfone groups is 1. The van der Waals surface area contributed by atoms with Gasteiger partial charge >= 0.3 is 6.09 Å². The summed E-state index contributed by atoms with van der Waals surface area (Å²) in [5, 5.41) is 9.26. The highest BCUT2D eigenvalue weighted by Crippen LogP contribution is 2.12. The van der Waals surface area contributed by atoms with Crippen LogP contribution in [0.5, 0.6) is 0 Å². The predicted octanol–water partition coefficient (Wildman–Crippen LogP) is 4.26. The summed E-state index contributed by atoms with van der Waals surface area (Å²) in [5.41, 5.74) is 0.800. The van der Waals surface area contributed by atoms with E-state index in [0.29, 0.717) is 5.56 Å². The molecule has 1 rings (SSSR count). The number of alkyl carbamates (subject to hydrolysis) is 1. The lowest BCUT2D eigenvalue weighted by atomic mass is 9.99. The molecule has 0 aromatic heterocycles. The largest absolute Gasteiger partial charge is 0.444 e. The van der Waals surface area contributed by atoms with Gasteiger partial charge in [-0.25, -0.2) is 13.2 Å². The number of rotatable bonds is 12. The Kier molecular flexibility index (Phi) is 12.9. The molecule has 0 radical (unpaired) electrons.